The molecule has 2 atom stereocenters. The highest BCUT2D eigenvalue weighted by Gasteiger charge is 2.32. The lowest BCUT2D eigenvalue weighted by molar-refractivity contribution is -0.0954. The van der Waals surface area contributed by atoms with Crippen LogP contribution in [0, 0.1) is 11.6 Å². The van der Waals surface area contributed by atoms with Crippen LogP contribution >= 0.6 is 0 Å². The van der Waals surface area contributed by atoms with Gasteiger partial charge in [-0.15, -0.1) is 6.58 Å². The topological polar surface area (TPSA) is 41.1 Å². The highest BCUT2D eigenvalue weighted by atomic mass is 19.2. The molecule has 1 aliphatic rings. The third kappa shape index (κ3) is 6.04. The largest absolute Gasteiger partial charge is 0.489 e. The van der Waals surface area contributed by atoms with E-state index in [1.165, 1.54) is 6.07 Å². The first-order valence-electron chi connectivity index (χ1n) is 10.7. The zero-order valence-electron chi connectivity index (χ0n) is 19.0. The van der Waals surface area contributed by atoms with E-state index < -0.39 is 17.7 Å². The van der Waals surface area contributed by atoms with Crippen molar-refractivity contribution in [3.05, 3.63) is 97.0 Å². The SMILES string of the molecule is C=CCOc1cc(F)c(F)cc1C(c1ccccn1)N1CN(CC=C)C(C)OC/C=C\N1C. The van der Waals surface area contributed by atoms with E-state index in [0.29, 0.717) is 31.1 Å². The van der Waals surface area contributed by atoms with Crippen LogP contribution in [0.2, 0.25) is 0 Å². The number of hydrogen-bond acceptors (Lipinski definition) is 6. The molecule has 1 aromatic carbocycles. The van der Waals surface area contributed by atoms with Crippen molar-refractivity contribution < 1.29 is 18.3 Å². The Morgan fingerprint density at radius 2 is 2.03 bits per heavy atom. The maximum Gasteiger partial charge on any atom is 0.162 e. The summed E-state index contributed by atoms with van der Waals surface area (Å²) in [7, 11) is 1.89. The summed E-state index contributed by atoms with van der Waals surface area (Å²) in [5.41, 5.74) is 1.10. The van der Waals surface area contributed by atoms with E-state index in [1.807, 2.05) is 54.5 Å². The second-order valence-corrected chi connectivity index (χ2v) is 7.59. The second-order valence-electron chi connectivity index (χ2n) is 7.59. The molecule has 2 unspecified atom stereocenters. The lowest BCUT2D eigenvalue weighted by Gasteiger charge is -2.41. The van der Waals surface area contributed by atoms with Crippen LogP contribution in [0.5, 0.6) is 5.75 Å². The fourth-order valence-electron chi connectivity index (χ4n) is 3.66. The first-order chi connectivity index (χ1) is 16.0. The Hall–Kier alpha value is -3.07. The summed E-state index contributed by atoms with van der Waals surface area (Å²) in [6.45, 7) is 11.0. The summed E-state index contributed by atoms with van der Waals surface area (Å²) < 4.78 is 40.4. The summed E-state index contributed by atoms with van der Waals surface area (Å²) >= 11 is 0. The number of pyridine rings is 1. The lowest BCUT2D eigenvalue weighted by atomic mass is 10.0. The van der Waals surface area contributed by atoms with Crippen LogP contribution in [0.25, 0.3) is 0 Å². The Balaban J connectivity index is 2.18. The predicted octanol–water partition coefficient (Wildman–Crippen LogP) is 4.50. The van der Waals surface area contributed by atoms with Crippen molar-refractivity contribution in [3.63, 3.8) is 0 Å². The maximum atomic E-state index is 14.5. The Morgan fingerprint density at radius 3 is 2.73 bits per heavy atom. The summed E-state index contributed by atoms with van der Waals surface area (Å²) in [5.74, 6) is -1.72. The van der Waals surface area contributed by atoms with Gasteiger partial charge in [0.05, 0.1) is 19.0 Å². The van der Waals surface area contributed by atoms with Crippen molar-refractivity contribution in [1.82, 2.24) is 19.9 Å². The van der Waals surface area contributed by atoms with Crippen LogP contribution < -0.4 is 4.74 Å². The van der Waals surface area contributed by atoms with Crippen LogP contribution in [0.15, 0.2) is 74.1 Å². The van der Waals surface area contributed by atoms with Crippen molar-refractivity contribution in [3.8, 4) is 5.75 Å². The molecule has 1 aliphatic heterocycles. The Bertz CT molecular complexity index is 970. The molecule has 176 valence electrons. The minimum atomic E-state index is -0.981. The summed E-state index contributed by atoms with van der Waals surface area (Å²) in [6, 6.07) is 7.18. The van der Waals surface area contributed by atoms with Crippen LogP contribution in [0.3, 0.4) is 0 Å². The molecule has 3 rings (SSSR count). The Labute approximate surface area is 194 Å². The third-order valence-electron chi connectivity index (χ3n) is 5.33. The molecule has 0 amide bonds. The summed E-state index contributed by atoms with van der Waals surface area (Å²) in [4.78, 5) is 6.63. The van der Waals surface area contributed by atoms with Gasteiger partial charge in [0, 0.05) is 37.6 Å². The van der Waals surface area contributed by atoms with Crippen molar-refractivity contribution in [2.24, 2.45) is 0 Å². The predicted molar refractivity (Wildman–Crippen MR) is 124 cm³/mol. The number of ether oxygens (including phenoxy) is 2. The third-order valence-corrected chi connectivity index (χ3v) is 5.33. The van der Waals surface area contributed by atoms with Crippen LogP contribution in [-0.4, -0.2) is 59.6 Å². The van der Waals surface area contributed by atoms with E-state index in [-0.39, 0.29) is 18.6 Å². The van der Waals surface area contributed by atoms with Gasteiger partial charge in [-0.1, -0.05) is 24.8 Å². The minimum absolute atomic E-state index is 0.149. The molecular weight excluding hydrogens is 426 g/mol. The van der Waals surface area contributed by atoms with Crippen LogP contribution in [0.1, 0.15) is 24.2 Å². The van der Waals surface area contributed by atoms with Gasteiger partial charge in [-0.05, 0) is 31.2 Å². The molecule has 0 fully saturated rings. The fraction of sp³-hybridized carbons (Fsp3) is 0.320. The first-order valence-corrected chi connectivity index (χ1v) is 10.7. The van der Waals surface area contributed by atoms with Crippen molar-refractivity contribution in [1.29, 1.82) is 0 Å². The molecule has 0 saturated carbocycles. The molecule has 2 heterocycles. The number of hydrogen-bond donors (Lipinski definition) is 0. The number of benzene rings is 1. The number of halogens is 2. The average molecular weight is 457 g/mol. The van der Waals surface area contributed by atoms with E-state index in [2.05, 4.69) is 23.0 Å². The summed E-state index contributed by atoms with van der Waals surface area (Å²) in [6.07, 6.45) is 8.61. The normalized spacial score (nSPS) is 19.8. The van der Waals surface area contributed by atoms with Gasteiger partial charge in [-0.3, -0.25) is 9.88 Å². The average Bonchev–Trinajstić information content (AvgIpc) is 2.87. The monoisotopic (exact) mass is 456 g/mol. The smallest absolute Gasteiger partial charge is 0.162 e. The van der Waals surface area contributed by atoms with E-state index >= 15 is 0 Å². The molecule has 8 heteroatoms. The van der Waals surface area contributed by atoms with Crippen LogP contribution in [0.4, 0.5) is 8.78 Å². The number of rotatable bonds is 8. The Morgan fingerprint density at radius 1 is 1.24 bits per heavy atom. The summed E-state index contributed by atoms with van der Waals surface area (Å²) in [5, 5.41) is 3.90. The van der Waals surface area contributed by atoms with Gasteiger partial charge in [-0.25, -0.2) is 8.78 Å². The maximum absolute atomic E-state index is 14.5. The molecule has 6 nitrogen and oxygen atoms in total. The van der Waals surface area contributed by atoms with E-state index in [1.54, 1.807) is 18.3 Å². The zero-order chi connectivity index (χ0) is 23.8. The van der Waals surface area contributed by atoms with Gasteiger partial charge in [0.2, 0.25) is 0 Å². The van der Waals surface area contributed by atoms with Gasteiger partial charge in [-0.2, -0.15) is 5.01 Å². The van der Waals surface area contributed by atoms with Gasteiger partial charge >= 0.3 is 0 Å². The van der Waals surface area contributed by atoms with E-state index in [0.717, 1.165) is 6.07 Å². The number of nitrogens with zero attached hydrogens (tertiary/aromatic N) is 4. The standard InChI is InChI=1S/C25H30F2N4O2/c1-5-12-30-18-31(29(4)13-9-15-32-19(30)3)25(23-10-7-8-11-28-23)20-16-21(26)22(27)17-24(20)33-14-6-2/h5-11,13,16-17,19,25H,1-2,12,14-15,18H2,3-4H3/b13-9-. The van der Waals surface area contributed by atoms with Gasteiger partial charge < -0.3 is 14.5 Å². The highest BCUT2D eigenvalue weighted by molar-refractivity contribution is 5.41. The van der Waals surface area contributed by atoms with Gasteiger partial charge in [0.15, 0.2) is 11.6 Å². The highest BCUT2D eigenvalue weighted by Crippen LogP contribution is 2.36. The van der Waals surface area contributed by atoms with Gasteiger partial charge in [0.25, 0.3) is 0 Å². The molecule has 0 N–H and O–H groups in total. The van der Waals surface area contributed by atoms with Crippen molar-refractivity contribution in [2.75, 3.05) is 33.5 Å². The number of hydrazine groups is 1. The Kier molecular flexibility index (Phi) is 8.71. The number of aromatic nitrogens is 1. The molecule has 33 heavy (non-hydrogen) atoms. The molecule has 0 radical (unpaired) electrons. The molecule has 0 saturated heterocycles. The second kappa shape index (κ2) is 11.7. The quantitative estimate of drug-likeness (QED) is 0.545. The molecule has 2 aromatic rings. The first kappa shape index (κ1) is 24.6. The molecule has 0 spiro atoms. The molecule has 0 bridgehead atoms. The lowest BCUT2D eigenvalue weighted by Crippen LogP contribution is -2.49. The van der Waals surface area contributed by atoms with Gasteiger partial charge in [0.1, 0.15) is 24.6 Å². The molecule has 0 aliphatic carbocycles. The zero-order valence-corrected chi connectivity index (χ0v) is 19.0. The molecular formula is C25H30F2N4O2. The van der Waals surface area contributed by atoms with E-state index in [4.69, 9.17) is 9.47 Å². The minimum Gasteiger partial charge on any atom is -0.489 e. The van der Waals surface area contributed by atoms with E-state index in [9.17, 15) is 8.78 Å². The van der Waals surface area contributed by atoms with Crippen LogP contribution in [-0.2, 0) is 4.74 Å². The fourth-order valence-corrected chi connectivity index (χ4v) is 3.66. The van der Waals surface area contributed by atoms with Crippen molar-refractivity contribution in [2.45, 2.75) is 19.2 Å². The van der Waals surface area contributed by atoms with Crippen molar-refractivity contribution >= 4 is 0 Å². The molecule has 1 aromatic heterocycles.